The molecular formula is C14H17N3O3. The summed E-state index contributed by atoms with van der Waals surface area (Å²) >= 11 is 0. The minimum atomic E-state index is 0.0335. The molecule has 6 heteroatoms. The first kappa shape index (κ1) is 14.0. The molecule has 0 unspecified atom stereocenters. The van der Waals surface area contributed by atoms with Crippen molar-refractivity contribution in [1.29, 1.82) is 0 Å². The normalized spacial score (nSPS) is 10.3. The molecular weight excluding hydrogens is 258 g/mol. The highest BCUT2D eigenvalue weighted by Gasteiger charge is 2.13. The maximum Gasteiger partial charge on any atom is 0.246 e. The lowest BCUT2D eigenvalue weighted by Gasteiger charge is -2.12. The van der Waals surface area contributed by atoms with Gasteiger partial charge in [-0.3, -0.25) is 4.79 Å². The first-order chi connectivity index (χ1) is 9.63. The summed E-state index contributed by atoms with van der Waals surface area (Å²) < 4.78 is 10.3. The van der Waals surface area contributed by atoms with E-state index in [0.717, 1.165) is 11.3 Å². The van der Waals surface area contributed by atoms with E-state index in [1.165, 1.54) is 0 Å². The van der Waals surface area contributed by atoms with Gasteiger partial charge in [0, 0.05) is 19.0 Å². The van der Waals surface area contributed by atoms with Crippen molar-refractivity contribution in [3.05, 3.63) is 30.2 Å². The predicted molar refractivity (Wildman–Crippen MR) is 73.1 cm³/mol. The van der Waals surface area contributed by atoms with E-state index < -0.39 is 0 Å². The van der Waals surface area contributed by atoms with E-state index >= 15 is 0 Å². The van der Waals surface area contributed by atoms with Crippen molar-refractivity contribution in [1.82, 2.24) is 15.0 Å². The molecule has 0 spiro atoms. The zero-order valence-electron chi connectivity index (χ0n) is 11.8. The van der Waals surface area contributed by atoms with Crippen molar-refractivity contribution in [2.75, 3.05) is 14.2 Å². The van der Waals surface area contributed by atoms with Crippen LogP contribution in [0.2, 0.25) is 0 Å². The zero-order valence-corrected chi connectivity index (χ0v) is 11.8. The summed E-state index contributed by atoms with van der Waals surface area (Å²) in [5, 5.41) is 3.92. The highest BCUT2D eigenvalue weighted by molar-refractivity contribution is 5.75. The number of nitrogens with zero attached hydrogens (tertiary/aromatic N) is 3. The highest BCUT2D eigenvalue weighted by atomic mass is 16.5. The Bertz CT molecular complexity index is 595. The van der Waals surface area contributed by atoms with Crippen LogP contribution in [0.1, 0.15) is 19.2 Å². The smallest absolute Gasteiger partial charge is 0.246 e. The second-order valence-corrected chi connectivity index (χ2v) is 4.35. The summed E-state index contributed by atoms with van der Waals surface area (Å²) in [6, 6.07) is 7.41. The van der Waals surface area contributed by atoms with Gasteiger partial charge in [0.1, 0.15) is 5.75 Å². The fraction of sp³-hybridized carbons (Fsp3) is 0.357. The lowest BCUT2D eigenvalue weighted by Crippen LogP contribution is -2.25. The molecule has 1 amide bonds. The second kappa shape index (κ2) is 6.18. The van der Waals surface area contributed by atoms with Gasteiger partial charge in [0.2, 0.25) is 17.6 Å². The third-order valence-electron chi connectivity index (χ3n) is 2.90. The third kappa shape index (κ3) is 3.14. The van der Waals surface area contributed by atoms with E-state index in [1.807, 2.05) is 31.2 Å². The third-order valence-corrected chi connectivity index (χ3v) is 2.90. The largest absolute Gasteiger partial charge is 0.497 e. The van der Waals surface area contributed by atoms with Crippen LogP contribution in [-0.2, 0) is 11.3 Å². The van der Waals surface area contributed by atoms with Gasteiger partial charge in [-0.2, -0.15) is 4.98 Å². The van der Waals surface area contributed by atoms with Crippen LogP contribution in [0.3, 0.4) is 0 Å². The van der Waals surface area contributed by atoms with Crippen LogP contribution in [0.5, 0.6) is 5.75 Å². The van der Waals surface area contributed by atoms with E-state index in [0.29, 0.717) is 24.7 Å². The number of hydrogen-bond acceptors (Lipinski definition) is 5. The highest BCUT2D eigenvalue weighted by Crippen LogP contribution is 2.21. The van der Waals surface area contributed by atoms with E-state index in [1.54, 1.807) is 19.1 Å². The minimum absolute atomic E-state index is 0.0335. The first-order valence-corrected chi connectivity index (χ1v) is 6.35. The fourth-order valence-electron chi connectivity index (χ4n) is 1.76. The van der Waals surface area contributed by atoms with E-state index in [4.69, 9.17) is 9.26 Å². The molecule has 106 valence electrons. The monoisotopic (exact) mass is 275 g/mol. The number of benzene rings is 1. The van der Waals surface area contributed by atoms with E-state index in [9.17, 15) is 4.79 Å². The van der Waals surface area contributed by atoms with Gasteiger partial charge in [0.15, 0.2) is 0 Å². The molecule has 6 nitrogen and oxygen atoms in total. The van der Waals surface area contributed by atoms with Gasteiger partial charge in [-0.05, 0) is 12.1 Å². The van der Waals surface area contributed by atoms with Crippen molar-refractivity contribution in [2.45, 2.75) is 19.9 Å². The maximum absolute atomic E-state index is 11.5. The van der Waals surface area contributed by atoms with Gasteiger partial charge >= 0.3 is 0 Å². The number of carbonyl (C=O) groups excluding carboxylic acids is 1. The van der Waals surface area contributed by atoms with Crippen LogP contribution >= 0.6 is 0 Å². The molecule has 20 heavy (non-hydrogen) atoms. The van der Waals surface area contributed by atoms with Crippen LogP contribution < -0.4 is 4.74 Å². The Morgan fingerprint density at radius 2 is 2.25 bits per heavy atom. The molecule has 1 aromatic heterocycles. The number of ether oxygens (including phenoxy) is 1. The van der Waals surface area contributed by atoms with Gasteiger partial charge in [0.25, 0.3) is 0 Å². The Morgan fingerprint density at radius 3 is 2.95 bits per heavy atom. The molecule has 0 aliphatic heterocycles. The molecule has 1 aromatic carbocycles. The summed E-state index contributed by atoms with van der Waals surface area (Å²) in [6.07, 6.45) is 0.452. The molecule has 0 radical (unpaired) electrons. The molecule has 0 N–H and O–H groups in total. The molecule has 0 atom stereocenters. The van der Waals surface area contributed by atoms with Crippen molar-refractivity contribution in [3.63, 3.8) is 0 Å². The van der Waals surface area contributed by atoms with Gasteiger partial charge in [-0.1, -0.05) is 24.2 Å². The number of hydrogen-bond donors (Lipinski definition) is 0. The van der Waals surface area contributed by atoms with E-state index in [-0.39, 0.29) is 5.91 Å². The molecule has 1 heterocycles. The van der Waals surface area contributed by atoms with Crippen molar-refractivity contribution >= 4 is 5.91 Å². The minimum Gasteiger partial charge on any atom is -0.497 e. The molecule has 2 aromatic rings. The Hall–Kier alpha value is -2.37. The summed E-state index contributed by atoms with van der Waals surface area (Å²) in [6.45, 7) is 2.12. The first-order valence-electron chi connectivity index (χ1n) is 6.35. The molecule has 0 bridgehead atoms. The fourth-order valence-corrected chi connectivity index (χ4v) is 1.76. The molecule has 0 fully saturated rings. The molecule has 0 aliphatic rings. The summed E-state index contributed by atoms with van der Waals surface area (Å²) in [5.74, 6) is 1.65. The van der Waals surface area contributed by atoms with Crippen molar-refractivity contribution in [2.24, 2.45) is 0 Å². The Kier molecular flexibility index (Phi) is 4.34. The quantitative estimate of drug-likeness (QED) is 0.836. The van der Waals surface area contributed by atoms with Gasteiger partial charge < -0.3 is 14.2 Å². The number of amides is 1. The summed E-state index contributed by atoms with van der Waals surface area (Å²) in [5.41, 5.74) is 0.809. The van der Waals surface area contributed by atoms with Gasteiger partial charge in [-0.15, -0.1) is 0 Å². The maximum atomic E-state index is 11.5. The molecule has 2 rings (SSSR count). The topological polar surface area (TPSA) is 68.5 Å². The van der Waals surface area contributed by atoms with Gasteiger partial charge in [0.05, 0.1) is 13.7 Å². The average Bonchev–Trinajstić information content (AvgIpc) is 2.94. The summed E-state index contributed by atoms with van der Waals surface area (Å²) in [7, 11) is 3.31. The van der Waals surface area contributed by atoms with Crippen LogP contribution in [0.15, 0.2) is 28.8 Å². The summed E-state index contributed by atoms with van der Waals surface area (Å²) in [4.78, 5) is 17.3. The van der Waals surface area contributed by atoms with Crippen LogP contribution in [0.25, 0.3) is 11.4 Å². The number of methoxy groups -OCH3 is 1. The lowest BCUT2D eigenvalue weighted by atomic mass is 10.2. The van der Waals surface area contributed by atoms with E-state index in [2.05, 4.69) is 10.1 Å². The second-order valence-electron chi connectivity index (χ2n) is 4.35. The number of rotatable bonds is 5. The van der Waals surface area contributed by atoms with Crippen molar-refractivity contribution < 1.29 is 14.1 Å². The molecule has 0 saturated heterocycles. The Labute approximate surface area is 117 Å². The SMILES string of the molecule is CCC(=O)N(C)Cc1nc(-c2cccc(OC)c2)no1. The Morgan fingerprint density at radius 1 is 1.45 bits per heavy atom. The van der Waals surface area contributed by atoms with Crippen LogP contribution in [0, 0.1) is 0 Å². The van der Waals surface area contributed by atoms with Crippen LogP contribution in [0.4, 0.5) is 0 Å². The van der Waals surface area contributed by atoms with Crippen molar-refractivity contribution in [3.8, 4) is 17.1 Å². The Balaban J connectivity index is 2.14. The molecule has 0 saturated carbocycles. The van der Waals surface area contributed by atoms with Gasteiger partial charge in [-0.25, -0.2) is 0 Å². The average molecular weight is 275 g/mol. The van der Waals surface area contributed by atoms with Crippen LogP contribution in [-0.4, -0.2) is 35.1 Å². The lowest BCUT2D eigenvalue weighted by molar-refractivity contribution is -0.130. The number of aromatic nitrogens is 2. The molecule has 0 aliphatic carbocycles. The standard InChI is InChI=1S/C14H17N3O3/c1-4-13(18)17(2)9-12-15-14(16-20-12)10-6-5-7-11(8-10)19-3/h5-8H,4,9H2,1-3H3. The zero-order chi connectivity index (χ0) is 14.5. The number of carbonyl (C=O) groups is 1. The predicted octanol–water partition coefficient (Wildman–Crippen LogP) is 2.11.